The van der Waals surface area contributed by atoms with Crippen LogP contribution in [0.25, 0.3) is 11.3 Å². The molecule has 1 aromatic carbocycles. The van der Waals surface area contributed by atoms with E-state index in [2.05, 4.69) is 4.98 Å². The molecule has 82 valence electrons. The third-order valence-corrected chi connectivity index (χ3v) is 2.82. The summed E-state index contributed by atoms with van der Waals surface area (Å²) in [6.45, 7) is 0. The van der Waals surface area contributed by atoms with Gasteiger partial charge < -0.3 is 0 Å². The van der Waals surface area contributed by atoms with Gasteiger partial charge in [-0.1, -0.05) is 23.2 Å². The van der Waals surface area contributed by atoms with E-state index in [4.69, 9.17) is 23.2 Å². The van der Waals surface area contributed by atoms with Gasteiger partial charge in [-0.05, 0) is 18.2 Å². The highest BCUT2D eigenvalue weighted by Crippen LogP contribution is 2.32. The number of pyridine rings is 1. The first-order valence-electron chi connectivity index (χ1n) is 4.35. The van der Waals surface area contributed by atoms with Crippen LogP contribution in [-0.4, -0.2) is 4.98 Å². The number of nitrogens with zero attached hydrogens (tertiary/aromatic N) is 1. The van der Waals surface area contributed by atoms with Crippen molar-refractivity contribution in [3.05, 3.63) is 52.1 Å². The van der Waals surface area contributed by atoms with E-state index in [-0.39, 0.29) is 21.3 Å². The minimum atomic E-state index is -0.725. The van der Waals surface area contributed by atoms with Gasteiger partial charge in [0.1, 0.15) is 11.6 Å². The Bertz CT molecular complexity index is 544. The van der Waals surface area contributed by atoms with Crippen LogP contribution in [0.3, 0.4) is 0 Å². The molecule has 0 aliphatic carbocycles. The zero-order valence-electron chi connectivity index (χ0n) is 7.85. The van der Waals surface area contributed by atoms with Crippen LogP contribution in [0.4, 0.5) is 8.78 Å². The summed E-state index contributed by atoms with van der Waals surface area (Å²) < 4.78 is 26.2. The number of aromatic nitrogens is 1. The molecule has 0 radical (unpaired) electrons. The SMILES string of the molecule is Fc1ccc(-c2nccc(Cl)c2Cl)c(F)c1. The third-order valence-electron chi connectivity index (χ3n) is 2.03. The lowest BCUT2D eigenvalue weighted by Crippen LogP contribution is -1.90. The van der Waals surface area contributed by atoms with Crippen LogP contribution in [0, 0.1) is 11.6 Å². The first-order chi connectivity index (χ1) is 7.59. The van der Waals surface area contributed by atoms with Gasteiger partial charge >= 0.3 is 0 Å². The average Bonchev–Trinajstić information content (AvgIpc) is 2.23. The Morgan fingerprint density at radius 1 is 1.06 bits per heavy atom. The molecule has 0 N–H and O–H groups in total. The van der Waals surface area contributed by atoms with Gasteiger partial charge in [-0.3, -0.25) is 4.98 Å². The molecule has 0 aliphatic rings. The highest BCUT2D eigenvalue weighted by atomic mass is 35.5. The quantitative estimate of drug-likeness (QED) is 0.743. The maximum atomic E-state index is 13.5. The summed E-state index contributed by atoms with van der Waals surface area (Å²) in [6.07, 6.45) is 1.41. The van der Waals surface area contributed by atoms with Gasteiger partial charge in [0.05, 0.1) is 15.7 Å². The van der Waals surface area contributed by atoms with Gasteiger partial charge in [0, 0.05) is 17.8 Å². The fraction of sp³-hybridized carbons (Fsp3) is 0. The van der Waals surface area contributed by atoms with Crippen LogP contribution in [-0.2, 0) is 0 Å². The smallest absolute Gasteiger partial charge is 0.135 e. The zero-order valence-corrected chi connectivity index (χ0v) is 9.36. The normalized spacial score (nSPS) is 10.5. The van der Waals surface area contributed by atoms with E-state index in [9.17, 15) is 8.78 Å². The van der Waals surface area contributed by atoms with Gasteiger partial charge in [-0.2, -0.15) is 0 Å². The fourth-order valence-electron chi connectivity index (χ4n) is 1.29. The Morgan fingerprint density at radius 2 is 1.81 bits per heavy atom. The number of hydrogen-bond donors (Lipinski definition) is 0. The molecule has 2 aromatic rings. The lowest BCUT2D eigenvalue weighted by Gasteiger charge is -2.05. The molecule has 2 rings (SSSR count). The lowest BCUT2D eigenvalue weighted by atomic mass is 10.1. The van der Waals surface area contributed by atoms with Crippen LogP contribution in [0.5, 0.6) is 0 Å². The molecule has 0 fully saturated rings. The molecule has 0 aliphatic heterocycles. The van der Waals surface area contributed by atoms with Crippen molar-refractivity contribution in [2.24, 2.45) is 0 Å². The van der Waals surface area contributed by atoms with E-state index in [1.165, 1.54) is 18.3 Å². The Morgan fingerprint density at radius 3 is 2.50 bits per heavy atom. The summed E-state index contributed by atoms with van der Waals surface area (Å²) in [6, 6.07) is 4.68. The predicted molar refractivity (Wildman–Crippen MR) is 59.6 cm³/mol. The standard InChI is InChI=1S/C11H5Cl2F2N/c12-8-3-4-16-11(10(8)13)7-2-1-6(14)5-9(7)15/h1-5H. The van der Waals surface area contributed by atoms with Crippen molar-refractivity contribution in [2.45, 2.75) is 0 Å². The molecule has 1 aromatic heterocycles. The molecular formula is C11H5Cl2F2N. The van der Waals surface area contributed by atoms with E-state index in [0.717, 1.165) is 12.1 Å². The Kier molecular flexibility index (Phi) is 3.08. The van der Waals surface area contributed by atoms with Gasteiger partial charge in [0.2, 0.25) is 0 Å². The maximum absolute atomic E-state index is 13.5. The van der Waals surface area contributed by atoms with Crippen molar-refractivity contribution in [1.29, 1.82) is 0 Å². The Balaban J connectivity index is 2.63. The molecule has 5 heteroatoms. The Hall–Kier alpha value is -1.19. The van der Waals surface area contributed by atoms with Crippen LogP contribution >= 0.6 is 23.2 Å². The summed E-state index contributed by atoms with van der Waals surface area (Å²) in [7, 11) is 0. The summed E-state index contributed by atoms with van der Waals surface area (Å²) in [5.41, 5.74) is 0.320. The molecule has 0 atom stereocenters. The first-order valence-corrected chi connectivity index (χ1v) is 5.10. The number of rotatable bonds is 1. The van der Waals surface area contributed by atoms with Crippen molar-refractivity contribution >= 4 is 23.2 Å². The van der Waals surface area contributed by atoms with E-state index >= 15 is 0 Å². The van der Waals surface area contributed by atoms with Gasteiger partial charge in [-0.15, -0.1) is 0 Å². The second-order valence-electron chi connectivity index (χ2n) is 3.08. The fourth-order valence-corrected chi connectivity index (χ4v) is 1.65. The highest BCUT2D eigenvalue weighted by molar-refractivity contribution is 6.43. The van der Waals surface area contributed by atoms with Crippen LogP contribution in [0.1, 0.15) is 0 Å². The summed E-state index contributed by atoms with van der Waals surface area (Å²) in [4.78, 5) is 3.92. The van der Waals surface area contributed by atoms with E-state index in [0.29, 0.717) is 0 Å². The molecule has 16 heavy (non-hydrogen) atoms. The summed E-state index contributed by atoms with van der Waals surface area (Å²) in [5, 5.41) is 0.421. The summed E-state index contributed by atoms with van der Waals surface area (Å²) >= 11 is 11.7. The van der Waals surface area contributed by atoms with Crippen LogP contribution in [0.2, 0.25) is 10.0 Å². The number of hydrogen-bond acceptors (Lipinski definition) is 1. The van der Waals surface area contributed by atoms with Gasteiger partial charge in [-0.25, -0.2) is 8.78 Å². The molecule has 0 saturated heterocycles. The van der Waals surface area contributed by atoms with E-state index in [1.807, 2.05) is 0 Å². The molecule has 0 amide bonds. The molecule has 0 bridgehead atoms. The van der Waals surface area contributed by atoms with Crippen molar-refractivity contribution in [1.82, 2.24) is 4.98 Å². The second-order valence-corrected chi connectivity index (χ2v) is 3.86. The average molecular weight is 260 g/mol. The zero-order chi connectivity index (χ0) is 11.7. The second kappa shape index (κ2) is 4.36. The van der Waals surface area contributed by atoms with Gasteiger partial charge in [0.15, 0.2) is 0 Å². The minimum absolute atomic E-state index is 0.119. The highest BCUT2D eigenvalue weighted by Gasteiger charge is 2.13. The van der Waals surface area contributed by atoms with Crippen LogP contribution < -0.4 is 0 Å². The van der Waals surface area contributed by atoms with Gasteiger partial charge in [0.25, 0.3) is 0 Å². The van der Waals surface area contributed by atoms with Crippen molar-refractivity contribution in [3.63, 3.8) is 0 Å². The minimum Gasteiger partial charge on any atom is -0.254 e. The molecular weight excluding hydrogens is 255 g/mol. The molecule has 1 heterocycles. The van der Waals surface area contributed by atoms with Crippen molar-refractivity contribution in [3.8, 4) is 11.3 Å². The maximum Gasteiger partial charge on any atom is 0.135 e. The number of halogens is 4. The van der Waals surface area contributed by atoms with E-state index < -0.39 is 11.6 Å². The molecule has 0 spiro atoms. The number of benzene rings is 1. The first kappa shape index (κ1) is 11.3. The molecule has 0 unspecified atom stereocenters. The van der Waals surface area contributed by atoms with Crippen molar-refractivity contribution in [2.75, 3.05) is 0 Å². The largest absolute Gasteiger partial charge is 0.254 e. The van der Waals surface area contributed by atoms with E-state index in [1.54, 1.807) is 0 Å². The van der Waals surface area contributed by atoms with Crippen LogP contribution in [0.15, 0.2) is 30.5 Å². The third kappa shape index (κ3) is 2.01. The van der Waals surface area contributed by atoms with Crippen molar-refractivity contribution < 1.29 is 8.78 Å². The topological polar surface area (TPSA) is 12.9 Å². The Labute approximate surface area is 101 Å². The monoisotopic (exact) mass is 259 g/mol. The molecule has 1 nitrogen and oxygen atoms in total. The summed E-state index contributed by atoms with van der Waals surface area (Å²) in [5.74, 6) is -1.38. The molecule has 0 saturated carbocycles. The lowest BCUT2D eigenvalue weighted by molar-refractivity contribution is 0.585. The predicted octanol–water partition coefficient (Wildman–Crippen LogP) is 4.33.